The number of piperidine rings is 1. The van der Waals surface area contributed by atoms with Gasteiger partial charge in [-0.05, 0) is 49.9 Å². The third-order valence-electron chi connectivity index (χ3n) is 5.57. The van der Waals surface area contributed by atoms with Crippen molar-refractivity contribution in [2.45, 2.75) is 26.2 Å². The molecule has 0 spiro atoms. The Bertz CT molecular complexity index is 989. The molecule has 1 amide bonds. The fraction of sp³-hybridized carbons (Fsp3) is 0.280. The molecule has 148 valence electrons. The molecule has 1 fully saturated rings. The van der Waals surface area contributed by atoms with Crippen LogP contribution in [0.5, 0.6) is 0 Å². The average molecular weight is 387 g/mol. The molecule has 4 rings (SSSR count). The molecule has 2 heterocycles. The Morgan fingerprint density at radius 3 is 2.62 bits per heavy atom. The van der Waals surface area contributed by atoms with E-state index in [1.165, 1.54) is 0 Å². The van der Waals surface area contributed by atoms with Gasteiger partial charge in [0.1, 0.15) is 5.76 Å². The number of aryl methyl sites for hydroxylation is 1. The number of carbonyl (C=O) groups excluding carboxylic acids is 2. The molecule has 0 saturated carbocycles. The van der Waals surface area contributed by atoms with Crippen molar-refractivity contribution in [3.63, 3.8) is 0 Å². The largest absolute Gasteiger partial charge is 0.464 e. The molecule has 0 aliphatic carbocycles. The van der Waals surface area contributed by atoms with Crippen molar-refractivity contribution < 1.29 is 14.0 Å². The molecular weight excluding hydrogens is 362 g/mol. The first-order valence-corrected chi connectivity index (χ1v) is 10.1. The third kappa shape index (κ3) is 4.48. The number of nitrogens with zero attached hydrogens (tertiary/aromatic N) is 1. The Hall–Kier alpha value is -3.14. The Labute approximate surface area is 171 Å². The minimum Gasteiger partial charge on any atom is -0.464 e. The lowest BCUT2D eigenvalue weighted by Gasteiger charge is -2.32. The van der Waals surface area contributed by atoms with Gasteiger partial charge in [0.25, 0.3) is 5.91 Å². The molecule has 29 heavy (non-hydrogen) atoms. The summed E-state index contributed by atoms with van der Waals surface area (Å²) < 4.78 is 5.45. The summed E-state index contributed by atoms with van der Waals surface area (Å²) in [6, 6.07) is 19.0. The van der Waals surface area contributed by atoms with Gasteiger partial charge in [0.2, 0.25) is 0 Å². The number of furan rings is 1. The lowest BCUT2D eigenvalue weighted by molar-refractivity contribution is 0.0652. The van der Waals surface area contributed by atoms with Crippen molar-refractivity contribution in [2.75, 3.05) is 13.1 Å². The molecule has 3 aromatic rings. The van der Waals surface area contributed by atoms with Crippen molar-refractivity contribution in [1.29, 1.82) is 0 Å². The number of amides is 1. The SMILES string of the molecule is Cc1ccc(C(=O)CC2CCCN(C(=O)c3cccc(-c4ccco4)c3)C2)cc1. The molecule has 1 aromatic heterocycles. The number of benzene rings is 2. The molecule has 2 aromatic carbocycles. The number of Topliss-reactive ketones (excluding diaryl/α,β-unsaturated/α-hetero) is 1. The van der Waals surface area contributed by atoms with Gasteiger partial charge in [0, 0.05) is 36.2 Å². The Balaban J connectivity index is 1.43. The lowest BCUT2D eigenvalue weighted by atomic mass is 9.90. The van der Waals surface area contributed by atoms with Crippen LogP contribution in [0.1, 0.15) is 45.5 Å². The standard InChI is InChI=1S/C25H25NO3/c1-18-9-11-20(12-10-18)23(27)15-19-5-3-13-26(17-19)25(28)22-7-2-6-21(16-22)24-8-4-14-29-24/h2,4,6-12,14,16,19H,3,5,13,15,17H2,1H3. The average Bonchev–Trinajstić information content (AvgIpc) is 3.29. The number of hydrogen-bond donors (Lipinski definition) is 0. The monoisotopic (exact) mass is 387 g/mol. The van der Waals surface area contributed by atoms with Gasteiger partial charge >= 0.3 is 0 Å². The normalized spacial score (nSPS) is 16.6. The highest BCUT2D eigenvalue weighted by Crippen LogP contribution is 2.25. The van der Waals surface area contributed by atoms with Gasteiger partial charge in [-0.25, -0.2) is 0 Å². The van der Waals surface area contributed by atoms with Gasteiger partial charge < -0.3 is 9.32 Å². The first-order valence-electron chi connectivity index (χ1n) is 10.1. The zero-order chi connectivity index (χ0) is 20.2. The highest BCUT2D eigenvalue weighted by molar-refractivity contribution is 5.97. The van der Waals surface area contributed by atoms with Crippen LogP contribution < -0.4 is 0 Å². The van der Waals surface area contributed by atoms with Crippen molar-refractivity contribution in [3.8, 4) is 11.3 Å². The summed E-state index contributed by atoms with van der Waals surface area (Å²) in [6.45, 7) is 3.38. The predicted octanol–water partition coefficient (Wildman–Crippen LogP) is 5.38. The Morgan fingerprint density at radius 2 is 1.86 bits per heavy atom. The Kier molecular flexibility index (Phi) is 5.61. The molecule has 4 heteroatoms. The van der Waals surface area contributed by atoms with E-state index >= 15 is 0 Å². The van der Waals surface area contributed by atoms with Crippen LogP contribution in [0.4, 0.5) is 0 Å². The van der Waals surface area contributed by atoms with E-state index in [4.69, 9.17) is 4.42 Å². The zero-order valence-corrected chi connectivity index (χ0v) is 16.6. The van der Waals surface area contributed by atoms with Crippen LogP contribution in [-0.4, -0.2) is 29.7 Å². The van der Waals surface area contributed by atoms with E-state index in [-0.39, 0.29) is 17.6 Å². The summed E-state index contributed by atoms with van der Waals surface area (Å²) >= 11 is 0. The molecular formula is C25H25NO3. The summed E-state index contributed by atoms with van der Waals surface area (Å²) in [6.07, 6.45) is 4.02. The molecule has 1 aliphatic heterocycles. The minimum atomic E-state index is 0.0193. The number of rotatable bonds is 5. The number of likely N-dealkylation sites (tertiary alicyclic amines) is 1. The fourth-order valence-electron chi connectivity index (χ4n) is 3.97. The maximum absolute atomic E-state index is 13.1. The molecule has 1 atom stereocenters. The molecule has 1 unspecified atom stereocenters. The second kappa shape index (κ2) is 8.48. The predicted molar refractivity (Wildman–Crippen MR) is 113 cm³/mol. The van der Waals surface area contributed by atoms with Gasteiger partial charge in [-0.3, -0.25) is 9.59 Å². The molecule has 4 nitrogen and oxygen atoms in total. The van der Waals surface area contributed by atoms with Crippen LogP contribution in [0.3, 0.4) is 0 Å². The van der Waals surface area contributed by atoms with E-state index in [9.17, 15) is 9.59 Å². The van der Waals surface area contributed by atoms with E-state index in [2.05, 4.69) is 0 Å². The van der Waals surface area contributed by atoms with Gasteiger partial charge in [-0.15, -0.1) is 0 Å². The number of hydrogen-bond acceptors (Lipinski definition) is 3. The van der Waals surface area contributed by atoms with Crippen LogP contribution in [0.2, 0.25) is 0 Å². The van der Waals surface area contributed by atoms with Crippen LogP contribution in [0.15, 0.2) is 71.3 Å². The van der Waals surface area contributed by atoms with Gasteiger partial charge in [-0.1, -0.05) is 42.0 Å². The molecule has 0 bridgehead atoms. The highest BCUT2D eigenvalue weighted by atomic mass is 16.3. The zero-order valence-electron chi connectivity index (χ0n) is 16.6. The van der Waals surface area contributed by atoms with E-state index < -0.39 is 0 Å². The topological polar surface area (TPSA) is 50.5 Å². The van der Waals surface area contributed by atoms with Gasteiger partial charge in [0.15, 0.2) is 5.78 Å². The van der Waals surface area contributed by atoms with Crippen molar-refractivity contribution in [1.82, 2.24) is 4.90 Å². The van der Waals surface area contributed by atoms with Crippen LogP contribution >= 0.6 is 0 Å². The first kappa shape index (κ1) is 19.2. The van der Waals surface area contributed by atoms with E-state index in [0.29, 0.717) is 18.5 Å². The molecule has 1 aliphatic rings. The van der Waals surface area contributed by atoms with E-state index in [0.717, 1.165) is 41.8 Å². The summed E-state index contributed by atoms with van der Waals surface area (Å²) in [4.78, 5) is 27.6. The van der Waals surface area contributed by atoms with Crippen molar-refractivity contribution >= 4 is 11.7 Å². The maximum atomic E-state index is 13.1. The molecule has 1 saturated heterocycles. The first-order chi connectivity index (χ1) is 14.1. The third-order valence-corrected chi connectivity index (χ3v) is 5.57. The van der Waals surface area contributed by atoms with Crippen LogP contribution in [0.25, 0.3) is 11.3 Å². The molecule has 0 radical (unpaired) electrons. The number of ketones is 1. The fourth-order valence-corrected chi connectivity index (χ4v) is 3.97. The quantitative estimate of drug-likeness (QED) is 0.552. The van der Waals surface area contributed by atoms with Gasteiger partial charge in [0.05, 0.1) is 6.26 Å². The van der Waals surface area contributed by atoms with Gasteiger partial charge in [-0.2, -0.15) is 0 Å². The van der Waals surface area contributed by atoms with E-state index in [1.807, 2.05) is 72.5 Å². The lowest BCUT2D eigenvalue weighted by Crippen LogP contribution is -2.40. The second-order valence-corrected chi connectivity index (χ2v) is 7.81. The van der Waals surface area contributed by atoms with Crippen LogP contribution in [0, 0.1) is 12.8 Å². The number of carbonyl (C=O) groups is 2. The summed E-state index contributed by atoms with van der Waals surface area (Å²) in [7, 11) is 0. The maximum Gasteiger partial charge on any atom is 0.253 e. The molecule has 0 N–H and O–H groups in total. The Morgan fingerprint density at radius 1 is 1.03 bits per heavy atom. The minimum absolute atomic E-state index is 0.0193. The van der Waals surface area contributed by atoms with Crippen molar-refractivity contribution in [3.05, 3.63) is 83.6 Å². The highest BCUT2D eigenvalue weighted by Gasteiger charge is 2.26. The van der Waals surface area contributed by atoms with Crippen LogP contribution in [-0.2, 0) is 0 Å². The summed E-state index contributed by atoms with van der Waals surface area (Å²) in [5.74, 6) is 1.13. The smallest absolute Gasteiger partial charge is 0.253 e. The summed E-state index contributed by atoms with van der Waals surface area (Å²) in [5.41, 5.74) is 3.45. The second-order valence-electron chi connectivity index (χ2n) is 7.81. The van der Waals surface area contributed by atoms with E-state index in [1.54, 1.807) is 6.26 Å². The summed E-state index contributed by atoms with van der Waals surface area (Å²) in [5, 5.41) is 0. The van der Waals surface area contributed by atoms with Crippen molar-refractivity contribution in [2.24, 2.45) is 5.92 Å².